The van der Waals surface area contributed by atoms with Crippen LogP contribution in [0.4, 0.5) is 0 Å². The van der Waals surface area contributed by atoms with Crippen molar-refractivity contribution in [1.29, 1.82) is 0 Å². The normalized spacial score (nSPS) is 16.3. The molecule has 0 unspecified atom stereocenters. The van der Waals surface area contributed by atoms with E-state index in [0.717, 1.165) is 51.1 Å². The number of unbranched alkanes of at least 4 members (excludes halogenated alkanes) is 1. The van der Waals surface area contributed by atoms with Crippen molar-refractivity contribution in [2.24, 2.45) is 10.9 Å². The summed E-state index contributed by atoms with van der Waals surface area (Å²) in [5, 5.41) is 6.62. The third-order valence-electron chi connectivity index (χ3n) is 4.46. The zero-order valence-corrected chi connectivity index (χ0v) is 19.4. The van der Waals surface area contributed by atoms with Gasteiger partial charge in [0.25, 0.3) is 0 Å². The molecule has 0 radical (unpaired) electrons. The van der Waals surface area contributed by atoms with E-state index in [1.807, 2.05) is 0 Å². The molecule has 0 aromatic heterocycles. The first-order valence-electron chi connectivity index (χ1n) is 10.2. The first kappa shape index (κ1) is 25.9. The molecule has 1 fully saturated rings. The van der Waals surface area contributed by atoms with Gasteiger partial charge in [-0.3, -0.25) is 4.99 Å². The number of rotatable bonds is 13. The van der Waals surface area contributed by atoms with Crippen LogP contribution in [-0.2, 0) is 9.47 Å². The lowest BCUT2D eigenvalue weighted by molar-refractivity contribution is 0.0487. The van der Waals surface area contributed by atoms with Gasteiger partial charge in [-0.05, 0) is 45.2 Å². The summed E-state index contributed by atoms with van der Waals surface area (Å²) in [5.74, 6) is 1.77. The summed E-state index contributed by atoms with van der Waals surface area (Å²) in [5.41, 5.74) is 0. The topological polar surface area (TPSA) is 58.1 Å². The van der Waals surface area contributed by atoms with Crippen LogP contribution in [-0.4, -0.2) is 76.6 Å². The summed E-state index contributed by atoms with van der Waals surface area (Å²) in [6.45, 7) is 15.4. The Labute approximate surface area is 177 Å². The Balaban J connectivity index is 0.00000625. The number of nitrogens with one attached hydrogen (secondary N) is 2. The number of guanidine groups is 1. The Kier molecular flexibility index (Phi) is 18.2. The zero-order valence-electron chi connectivity index (χ0n) is 17.1. The van der Waals surface area contributed by atoms with Crippen molar-refractivity contribution in [3.63, 3.8) is 0 Å². The standard InChI is InChI=1S/C19H40N4O2.HI/c1-4-6-14-24-16-17-25-15-10-22-19(20-5-2)21-9-13-23-11-7-18(3)8-12-23;/h18H,4-17H2,1-3H3,(H2,20,21,22);1H. The molecule has 0 amide bonds. The van der Waals surface area contributed by atoms with Crippen LogP contribution < -0.4 is 10.6 Å². The van der Waals surface area contributed by atoms with Crippen molar-refractivity contribution in [3.8, 4) is 0 Å². The van der Waals surface area contributed by atoms with Gasteiger partial charge in [-0.15, -0.1) is 24.0 Å². The average Bonchev–Trinajstić information content (AvgIpc) is 2.62. The fraction of sp³-hybridized carbons (Fsp3) is 0.947. The van der Waals surface area contributed by atoms with Gasteiger partial charge in [0.05, 0.1) is 26.4 Å². The smallest absolute Gasteiger partial charge is 0.191 e. The Morgan fingerprint density at radius 3 is 2.38 bits per heavy atom. The molecule has 6 nitrogen and oxygen atoms in total. The van der Waals surface area contributed by atoms with Gasteiger partial charge >= 0.3 is 0 Å². The van der Waals surface area contributed by atoms with Gasteiger partial charge in [-0.1, -0.05) is 20.3 Å². The molecular weight excluding hydrogens is 443 g/mol. The van der Waals surface area contributed by atoms with E-state index in [0.29, 0.717) is 19.8 Å². The second-order valence-electron chi connectivity index (χ2n) is 6.79. The number of likely N-dealkylation sites (tertiary alicyclic amines) is 1. The highest BCUT2D eigenvalue weighted by molar-refractivity contribution is 14.0. The van der Waals surface area contributed by atoms with Crippen LogP contribution in [0.15, 0.2) is 4.99 Å². The summed E-state index contributed by atoms with van der Waals surface area (Å²) >= 11 is 0. The molecule has 156 valence electrons. The van der Waals surface area contributed by atoms with Crippen LogP contribution in [0.1, 0.15) is 46.5 Å². The number of hydrogen-bond acceptors (Lipinski definition) is 4. The molecule has 1 heterocycles. The molecule has 7 heteroatoms. The number of aliphatic imine (C=N–C) groups is 1. The van der Waals surface area contributed by atoms with Crippen molar-refractivity contribution in [2.75, 3.05) is 65.7 Å². The quantitative estimate of drug-likeness (QED) is 0.182. The molecule has 1 aliphatic rings. The van der Waals surface area contributed by atoms with E-state index in [2.05, 4.69) is 41.3 Å². The highest BCUT2D eigenvalue weighted by Gasteiger charge is 2.14. The van der Waals surface area contributed by atoms with Gasteiger partial charge < -0.3 is 25.0 Å². The SMILES string of the molecule is CCCCOCCOCCNC(=NCCN1CCC(C)CC1)NCC.I. The summed E-state index contributed by atoms with van der Waals surface area (Å²) < 4.78 is 11.0. The lowest BCUT2D eigenvalue weighted by Gasteiger charge is -2.29. The van der Waals surface area contributed by atoms with Crippen LogP contribution in [0.25, 0.3) is 0 Å². The number of halogens is 1. The number of ether oxygens (including phenoxy) is 2. The maximum Gasteiger partial charge on any atom is 0.191 e. The fourth-order valence-corrected chi connectivity index (χ4v) is 2.74. The van der Waals surface area contributed by atoms with Crippen LogP contribution in [0, 0.1) is 5.92 Å². The molecule has 0 aromatic carbocycles. The summed E-state index contributed by atoms with van der Waals surface area (Å²) in [6, 6.07) is 0. The van der Waals surface area contributed by atoms with E-state index in [1.165, 1.54) is 32.4 Å². The van der Waals surface area contributed by atoms with E-state index in [-0.39, 0.29) is 24.0 Å². The van der Waals surface area contributed by atoms with Gasteiger partial charge in [0.1, 0.15) is 0 Å². The molecule has 0 atom stereocenters. The molecule has 1 saturated heterocycles. The van der Waals surface area contributed by atoms with Gasteiger partial charge in [0.2, 0.25) is 0 Å². The first-order chi connectivity index (χ1) is 12.3. The number of hydrogen-bond donors (Lipinski definition) is 2. The van der Waals surface area contributed by atoms with Gasteiger partial charge in [-0.25, -0.2) is 0 Å². The highest BCUT2D eigenvalue weighted by Crippen LogP contribution is 2.15. The first-order valence-corrected chi connectivity index (χ1v) is 10.2. The summed E-state index contributed by atoms with van der Waals surface area (Å²) in [6.07, 6.45) is 4.94. The van der Waals surface area contributed by atoms with E-state index >= 15 is 0 Å². The summed E-state index contributed by atoms with van der Waals surface area (Å²) in [7, 11) is 0. The second-order valence-corrected chi connectivity index (χ2v) is 6.79. The fourth-order valence-electron chi connectivity index (χ4n) is 2.74. The Hall–Kier alpha value is -0.120. The predicted octanol–water partition coefficient (Wildman–Crippen LogP) is 2.72. The van der Waals surface area contributed by atoms with E-state index in [1.54, 1.807) is 0 Å². The minimum Gasteiger partial charge on any atom is -0.379 e. The van der Waals surface area contributed by atoms with Crippen molar-refractivity contribution >= 4 is 29.9 Å². The van der Waals surface area contributed by atoms with Crippen molar-refractivity contribution in [2.45, 2.75) is 46.5 Å². The maximum absolute atomic E-state index is 5.57. The largest absolute Gasteiger partial charge is 0.379 e. The monoisotopic (exact) mass is 484 g/mol. The molecule has 0 spiro atoms. The average molecular weight is 484 g/mol. The second kappa shape index (κ2) is 18.3. The molecule has 0 bridgehead atoms. The van der Waals surface area contributed by atoms with Gasteiger partial charge in [0.15, 0.2) is 5.96 Å². The minimum absolute atomic E-state index is 0. The Morgan fingerprint density at radius 2 is 1.73 bits per heavy atom. The van der Waals surface area contributed by atoms with Crippen molar-refractivity contribution in [1.82, 2.24) is 15.5 Å². The van der Waals surface area contributed by atoms with Crippen LogP contribution in [0.2, 0.25) is 0 Å². The van der Waals surface area contributed by atoms with Crippen LogP contribution >= 0.6 is 24.0 Å². The molecular formula is C19H41IN4O2. The highest BCUT2D eigenvalue weighted by atomic mass is 127. The lowest BCUT2D eigenvalue weighted by Crippen LogP contribution is -2.40. The zero-order chi connectivity index (χ0) is 18.2. The molecule has 2 N–H and O–H groups in total. The van der Waals surface area contributed by atoms with E-state index < -0.39 is 0 Å². The molecule has 26 heavy (non-hydrogen) atoms. The van der Waals surface area contributed by atoms with E-state index in [4.69, 9.17) is 9.47 Å². The molecule has 0 aliphatic carbocycles. The van der Waals surface area contributed by atoms with E-state index in [9.17, 15) is 0 Å². The van der Waals surface area contributed by atoms with Gasteiger partial charge in [0, 0.05) is 26.2 Å². The minimum atomic E-state index is 0. The lowest BCUT2D eigenvalue weighted by atomic mass is 9.99. The molecule has 1 rings (SSSR count). The molecule has 1 aliphatic heterocycles. The molecule has 0 saturated carbocycles. The number of piperidine rings is 1. The Bertz CT molecular complexity index is 338. The molecule has 0 aromatic rings. The van der Waals surface area contributed by atoms with Crippen molar-refractivity contribution < 1.29 is 9.47 Å². The van der Waals surface area contributed by atoms with Crippen LogP contribution in [0.5, 0.6) is 0 Å². The third-order valence-corrected chi connectivity index (χ3v) is 4.46. The Morgan fingerprint density at radius 1 is 1.04 bits per heavy atom. The van der Waals surface area contributed by atoms with Gasteiger partial charge in [-0.2, -0.15) is 0 Å². The predicted molar refractivity (Wildman–Crippen MR) is 121 cm³/mol. The number of nitrogens with zero attached hydrogens (tertiary/aromatic N) is 2. The maximum atomic E-state index is 5.57. The van der Waals surface area contributed by atoms with Crippen LogP contribution in [0.3, 0.4) is 0 Å². The third kappa shape index (κ3) is 14.0. The summed E-state index contributed by atoms with van der Waals surface area (Å²) in [4.78, 5) is 7.19. The van der Waals surface area contributed by atoms with Crippen molar-refractivity contribution in [3.05, 3.63) is 0 Å².